The van der Waals surface area contributed by atoms with Gasteiger partial charge in [-0.15, -0.1) is 0 Å². The van der Waals surface area contributed by atoms with Crippen LogP contribution in [0.2, 0.25) is 0 Å². The van der Waals surface area contributed by atoms with Gasteiger partial charge in [-0.25, -0.2) is 10.9 Å². The molecule has 0 fully saturated rings. The highest BCUT2D eigenvalue weighted by Crippen LogP contribution is 2.34. The second-order valence-electron chi connectivity index (χ2n) is 14.2. The van der Waals surface area contributed by atoms with Gasteiger partial charge in [0.15, 0.2) is 0 Å². The lowest BCUT2D eigenvalue weighted by Gasteiger charge is -2.24. The summed E-state index contributed by atoms with van der Waals surface area (Å²) in [6.45, 7) is 2.70. The molecule has 11 nitrogen and oxygen atoms in total. The number of rotatable bonds is 20. The van der Waals surface area contributed by atoms with Crippen molar-refractivity contribution in [3.8, 4) is 11.5 Å². The number of unbranched alkanes of at least 4 members (excludes halogenated alkanes) is 2. The number of benzene rings is 6. The van der Waals surface area contributed by atoms with Crippen molar-refractivity contribution in [1.29, 1.82) is 0 Å². The van der Waals surface area contributed by atoms with Crippen LogP contribution >= 0.6 is 63.7 Å². The van der Waals surface area contributed by atoms with Crippen LogP contribution in [0.5, 0.6) is 11.5 Å². The third-order valence-corrected chi connectivity index (χ3v) is 12.1. The van der Waals surface area contributed by atoms with Gasteiger partial charge in [0.2, 0.25) is 0 Å². The molecule has 6 rings (SSSR count). The number of nitrogens with zero attached hydrogens (tertiary/aromatic N) is 4. The molecule has 0 aliphatic heterocycles. The van der Waals surface area contributed by atoms with Crippen LogP contribution in [0.1, 0.15) is 36.8 Å². The molecule has 0 aliphatic carbocycles. The van der Waals surface area contributed by atoms with Gasteiger partial charge in [-0.1, -0.05) is 60.7 Å². The lowest BCUT2D eigenvalue weighted by molar-refractivity contribution is -0.120. The van der Waals surface area contributed by atoms with Gasteiger partial charge in [0.05, 0.1) is 43.4 Å². The van der Waals surface area contributed by atoms with Crippen molar-refractivity contribution in [2.24, 2.45) is 10.2 Å². The zero-order chi connectivity index (χ0) is 43.1. The van der Waals surface area contributed by atoms with Crippen molar-refractivity contribution < 1.29 is 24.5 Å². The molecule has 0 saturated heterocycles. The monoisotopic (exact) mass is 1080 g/mol. The molecular weight excluding hydrogens is 1040 g/mol. The number of phenols is 2. The van der Waals surface area contributed by atoms with Crippen LogP contribution in [0.3, 0.4) is 0 Å². The summed E-state index contributed by atoms with van der Waals surface area (Å²) in [7, 11) is 0. The summed E-state index contributed by atoms with van der Waals surface area (Å²) in [5.41, 5.74) is 8.56. The van der Waals surface area contributed by atoms with Crippen molar-refractivity contribution >= 4 is 121 Å². The van der Waals surface area contributed by atoms with Gasteiger partial charge in [0, 0.05) is 37.7 Å². The van der Waals surface area contributed by atoms with Gasteiger partial charge >= 0.3 is 0 Å². The number of hydrogen-bond donors (Lipinski definition) is 4. The fourth-order valence-electron chi connectivity index (χ4n) is 6.56. The SMILES string of the molecule is O=C(CN(CCCCOCCCCN(CC(=O)N/N=C/c1cc(Br)c(O)c(Br)c1)c1ccc2ccccc2c1)c1ccc2ccccc2c1)N/N=C/c1cc(Br)c(O)c(Br)c1. The van der Waals surface area contributed by atoms with Crippen LogP contribution in [0.15, 0.2) is 137 Å². The zero-order valence-electron chi connectivity index (χ0n) is 33.0. The summed E-state index contributed by atoms with van der Waals surface area (Å²) in [5.74, 6) is -0.322. The smallest absolute Gasteiger partial charge is 0.259 e. The molecule has 0 atom stereocenters. The number of carbonyl (C=O) groups is 2. The molecule has 4 N–H and O–H groups in total. The third kappa shape index (κ3) is 13.6. The van der Waals surface area contributed by atoms with E-state index in [9.17, 15) is 19.8 Å². The van der Waals surface area contributed by atoms with Gasteiger partial charge < -0.3 is 24.7 Å². The Morgan fingerprint density at radius 2 is 0.918 bits per heavy atom. The normalized spacial score (nSPS) is 11.5. The van der Waals surface area contributed by atoms with Crippen LogP contribution in [0.4, 0.5) is 11.4 Å². The molecule has 0 spiro atoms. The van der Waals surface area contributed by atoms with E-state index in [1.54, 1.807) is 24.3 Å². The minimum atomic E-state index is -0.253. The van der Waals surface area contributed by atoms with E-state index in [1.807, 2.05) is 36.4 Å². The van der Waals surface area contributed by atoms with E-state index in [4.69, 9.17) is 4.74 Å². The molecule has 6 aromatic rings. The highest BCUT2D eigenvalue weighted by molar-refractivity contribution is 9.11. The van der Waals surface area contributed by atoms with Crippen molar-refractivity contribution in [1.82, 2.24) is 10.9 Å². The fourth-order valence-corrected chi connectivity index (χ4v) is 9.00. The maximum atomic E-state index is 13.1. The second kappa shape index (κ2) is 22.9. The van der Waals surface area contributed by atoms with Crippen LogP contribution in [0, 0.1) is 0 Å². The van der Waals surface area contributed by atoms with Crippen LogP contribution in [-0.4, -0.2) is 73.8 Å². The number of halogens is 4. The van der Waals surface area contributed by atoms with Crippen molar-refractivity contribution in [2.75, 3.05) is 49.2 Å². The molecule has 0 aromatic heterocycles. The Morgan fingerprint density at radius 1 is 0.541 bits per heavy atom. The molecule has 61 heavy (non-hydrogen) atoms. The molecular formula is C46H44Br4N6O5. The largest absolute Gasteiger partial charge is 0.506 e. The number of phenolic OH excluding ortho intramolecular Hbond substituents is 2. The Balaban J connectivity index is 0.979. The first-order valence-corrected chi connectivity index (χ1v) is 22.8. The summed E-state index contributed by atoms with van der Waals surface area (Å²) >= 11 is 13.3. The average molecular weight is 1080 g/mol. The number of anilines is 2. The van der Waals surface area contributed by atoms with E-state index in [1.165, 1.54) is 12.4 Å². The summed E-state index contributed by atoms with van der Waals surface area (Å²) in [5, 5.41) is 32.7. The Kier molecular flexibility index (Phi) is 17.1. The van der Waals surface area contributed by atoms with E-state index >= 15 is 0 Å². The Morgan fingerprint density at radius 3 is 1.31 bits per heavy atom. The Bertz CT molecular complexity index is 2320. The fraction of sp³-hybridized carbons (Fsp3) is 0.217. The number of fused-ring (bicyclic) bond motifs is 2. The Hall–Kier alpha value is -4.80. The molecule has 6 aromatic carbocycles. The van der Waals surface area contributed by atoms with E-state index in [0.29, 0.717) is 55.3 Å². The molecule has 0 unspecified atom stereocenters. The Labute approximate surface area is 388 Å². The maximum Gasteiger partial charge on any atom is 0.259 e. The number of nitrogens with one attached hydrogen (secondary N) is 2. The maximum absolute atomic E-state index is 13.1. The third-order valence-electron chi connectivity index (χ3n) is 9.68. The summed E-state index contributed by atoms with van der Waals surface area (Å²) < 4.78 is 8.10. The topological polar surface area (TPSA) is 139 Å². The first-order chi connectivity index (χ1) is 29.5. The average Bonchev–Trinajstić information content (AvgIpc) is 3.25. The second-order valence-corrected chi connectivity index (χ2v) is 17.6. The van der Waals surface area contributed by atoms with Crippen LogP contribution < -0.4 is 20.7 Å². The van der Waals surface area contributed by atoms with Crippen LogP contribution in [0.25, 0.3) is 21.5 Å². The molecule has 0 heterocycles. The van der Waals surface area contributed by atoms with Crippen molar-refractivity contribution in [3.63, 3.8) is 0 Å². The molecule has 316 valence electrons. The number of hydrazone groups is 2. The van der Waals surface area contributed by atoms with Crippen LogP contribution in [-0.2, 0) is 14.3 Å². The lowest BCUT2D eigenvalue weighted by atomic mass is 10.1. The lowest BCUT2D eigenvalue weighted by Crippen LogP contribution is -2.36. The number of amides is 2. The predicted molar refractivity (Wildman–Crippen MR) is 260 cm³/mol. The molecule has 15 heteroatoms. The van der Waals surface area contributed by atoms with Gasteiger partial charge in [-0.3, -0.25) is 9.59 Å². The van der Waals surface area contributed by atoms with Gasteiger partial charge in [-0.2, -0.15) is 10.2 Å². The zero-order valence-corrected chi connectivity index (χ0v) is 39.4. The summed E-state index contributed by atoms with van der Waals surface area (Å²) in [6, 6.07) is 35.5. The highest BCUT2D eigenvalue weighted by Gasteiger charge is 2.15. The van der Waals surface area contributed by atoms with Gasteiger partial charge in [0.25, 0.3) is 11.8 Å². The number of carbonyl (C=O) groups excluding carboxylic acids is 2. The molecule has 0 saturated carbocycles. The molecule has 2 amide bonds. The van der Waals surface area contributed by atoms with E-state index in [0.717, 1.165) is 58.6 Å². The first kappa shape index (κ1) is 45.7. The van der Waals surface area contributed by atoms with Crippen molar-refractivity contribution in [3.05, 3.63) is 138 Å². The summed E-state index contributed by atoms with van der Waals surface area (Å²) in [6.07, 6.45) is 6.31. The first-order valence-electron chi connectivity index (χ1n) is 19.6. The number of aromatic hydroxyl groups is 2. The minimum Gasteiger partial charge on any atom is -0.506 e. The molecule has 0 aliphatic rings. The minimum absolute atomic E-state index is 0.0925. The predicted octanol–water partition coefficient (Wildman–Crippen LogP) is 10.6. The van der Waals surface area contributed by atoms with Gasteiger partial charge in [-0.05, 0) is 171 Å². The standard InChI is InChI=1S/C46H44Br4N6O5/c47-39-21-31(22-40(48)45(39)59)27-51-53-43(57)29-55(37-15-13-33-9-1-3-11-35(33)25-37)17-5-7-19-61-20-8-6-18-56(38-16-14-34-10-2-4-12-36(34)26-38)30-44(58)54-52-28-32-23-41(49)46(60)42(50)24-32/h1-4,9-16,21-28,59-60H,5-8,17-20,29-30H2,(H,53,57)(H,54,58)/b51-27+,52-28+. The van der Waals surface area contributed by atoms with E-state index in [-0.39, 0.29) is 36.4 Å². The highest BCUT2D eigenvalue weighted by atomic mass is 79.9. The quantitative estimate of drug-likeness (QED) is 0.0339. The number of hydrogen-bond acceptors (Lipinski definition) is 9. The molecule has 0 bridgehead atoms. The van der Waals surface area contributed by atoms with E-state index in [2.05, 4.69) is 143 Å². The number of ether oxygens (including phenoxy) is 1. The van der Waals surface area contributed by atoms with Crippen molar-refractivity contribution in [2.45, 2.75) is 25.7 Å². The van der Waals surface area contributed by atoms with E-state index < -0.39 is 0 Å². The molecule has 0 radical (unpaired) electrons. The summed E-state index contributed by atoms with van der Waals surface area (Å²) in [4.78, 5) is 30.3. The van der Waals surface area contributed by atoms with Gasteiger partial charge in [0.1, 0.15) is 11.5 Å².